The summed E-state index contributed by atoms with van der Waals surface area (Å²) in [5, 5.41) is 2.87. The van der Waals surface area contributed by atoms with Crippen molar-refractivity contribution in [3.8, 4) is 5.75 Å². The number of amides is 1. The predicted octanol–water partition coefficient (Wildman–Crippen LogP) is 3.66. The third-order valence-electron chi connectivity index (χ3n) is 3.94. The number of nitrogens with one attached hydrogen (secondary N) is 1. The molecule has 138 valence electrons. The van der Waals surface area contributed by atoms with Crippen LogP contribution < -0.4 is 10.1 Å². The molecule has 2 aromatic rings. The minimum atomic E-state index is -0.281. The fourth-order valence-electron chi connectivity index (χ4n) is 2.58. The minimum Gasteiger partial charge on any atom is -0.494 e. The highest BCUT2D eigenvalue weighted by molar-refractivity contribution is 5.91. The molecule has 0 aromatic heterocycles. The number of ether oxygens (including phenoxy) is 1. The number of hydrogen-bond acceptors (Lipinski definition) is 3. The molecule has 1 N–H and O–H groups in total. The Bertz CT molecular complexity index is 742. The maximum absolute atomic E-state index is 13.4. The summed E-state index contributed by atoms with van der Waals surface area (Å²) in [4.78, 5) is 14.0. The maximum atomic E-state index is 13.4. The van der Waals surface area contributed by atoms with Crippen LogP contribution in [0, 0.1) is 5.82 Å². The van der Waals surface area contributed by atoms with Gasteiger partial charge in [-0.05, 0) is 62.5 Å². The van der Waals surface area contributed by atoms with Gasteiger partial charge in [0.25, 0.3) is 0 Å². The van der Waals surface area contributed by atoms with Gasteiger partial charge in [0.1, 0.15) is 11.6 Å². The number of halogens is 1. The third-order valence-corrected chi connectivity index (χ3v) is 3.94. The van der Waals surface area contributed by atoms with Crippen LogP contribution in [0.5, 0.6) is 5.75 Å². The molecular weight excluding hydrogens is 331 g/mol. The molecule has 0 saturated carbocycles. The number of nitrogens with zero attached hydrogens (tertiary/aromatic N) is 1. The first-order valence-corrected chi connectivity index (χ1v) is 8.60. The average molecular weight is 356 g/mol. The second-order valence-electron chi connectivity index (χ2n) is 6.11. The molecule has 0 fully saturated rings. The van der Waals surface area contributed by atoms with Crippen molar-refractivity contribution in [2.75, 3.05) is 27.2 Å². The summed E-state index contributed by atoms with van der Waals surface area (Å²) in [7, 11) is 3.80. The van der Waals surface area contributed by atoms with E-state index in [0.717, 1.165) is 16.9 Å². The number of benzene rings is 2. The van der Waals surface area contributed by atoms with Crippen LogP contribution in [0.15, 0.2) is 54.6 Å². The van der Waals surface area contributed by atoms with E-state index in [1.807, 2.05) is 56.3 Å². The van der Waals surface area contributed by atoms with Gasteiger partial charge in [-0.25, -0.2) is 4.39 Å². The van der Waals surface area contributed by atoms with Crippen LogP contribution in [0.25, 0.3) is 6.08 Å². The van der Waals surface area contributed by atoms with E-state index in [0.29, 0.717) is 13.2 Å². The van der Waals surface area contributed by atoms with Gasteiger partial charge in [0.2, 0.25) is 5.91 Å². The molecule has 0 spiro atoms. The second kappa shape index (κ2) is 9.73. The van der Waals surface area contributed by atoms with Crippen molar-refractivity contribution in [2.24, 2.45) is 0 Å². The third kappa shape index (κ3) is 6.01. The zero-order chi connectivity index (χ0) is 18.9. The average Bonchev–Trinajstić information content (AvgIpc) is 2.61. The fraction of sp³-hybridized carbons (Fsp3) is 0.286. The van der Waals surface area contributed by atoms with Gasteiger partial charge in [0.05, 0.1) is 12.6 Å². The molecule has 2 rings (SSSR count). The maximum Gasteiger partial charge on any atom is 0.244 e. The normalized spacial score (nSPS) is 12.3. The Morgan fingerprint density at radius 2 is 1.96 bits per heavy atom. The van der Waals surface area contributed by atoms with Crippen molar-refractivity contribution in [1.82, 2.24) is 10.2 Å². The molecular formula is C21H25FN2O2. The van der Waals surface area contributed by atoms with E-state index in [-0.39, 0.29) is 17.8 Å². The predicted molar refractivity (Wildman–Crippen MR) is 102 cm³/mol. The van der Waals surface area contributed by atoms with Gasteiger partial charge in [-0.1, -0.05) is 24.3 Å². The van der Waals surface area contributed by atoms with Crippen LogP contribution in [0.1, 0.15) is 24.1 Å². The molecule has 26 heavy (non-hydrogen) atoms. The van der Waals surface area contributed by atoms with Crippen molar-refractivity contribution >= 4 is 12.0 Å². The van der Waals surface area contributed by atoms with Crippen molar-refractivity contribution < 1.29 is 13.9 Å². The molecule has 0 bridgehead atoms. The molecule has 1 amide bonds. The molecule has 0 radical (unpaired) electrons. The smallest absolute Gasteiger partial charge is 0.244 e. The Hall–Kier alpha value is -2.66. The molecule has 0 aliphatic heterocycles. The molecule has 0 aliphatic carbocycles. The monoisotopic (exact) mass is 356 g/mol. The second-order valence-corrected chi connectivity index (χ2v) is 6.11. The molecule has 0 heterocycles. The lowest BCUT2D eigenvalue weighted by Gasteiger charge is -2.24. The lowest BCUT2D eigenvalue weighted by Crippen LogP contribution is -2.33. The molecule has 1 unspecified atom stereocenters. The van der Waals surface area contributed by atoms with Gasteiger partial charge in [-0.2, -0.15) is 0 Å². The fourth-order valence-corrected chi connectivity index (χ4v) is 2.58. The van der Waals surface area contributed by atoms with E-state index in [2.05, 4.69) is 5.32 Å². The van der Waals surface area contributed by atoms with E-state index >= 15 is 0 Å². The van der Waals surface area contributed by atoms with E-state index < -0.39 is 0 Å². The molecule has 2 aromatic carbocycles. The molecule has 0 aliphatic rings. The quantitative estimate of drug-likeness (QED) is 0.734. The van der Waals surface area contributed by atoms with E-state index in [9.17, 15) is 9.18 Å². The SMILES string of the molecule is CCOc1ccc(/C=C/C(=O)NCC(c2cccc(F)c2)N(C)C)cc1. The van der Waals surface area contributed by atoms with Gasteiger partial charge in [-0.3, -0.25) is 4.79 Å². The van der Waals surface area contributed by atoms with Gasteiger partial charge >= 0.3 is 0 Å². The lowest BCUT2D eigenvalue weighted by molar-refractivity contribution is -0.116. The minimum absolute atomic E-state index is 0.103. The molecule has 1 atom stereocenters. The van der Waals surface area contributed by atoms with Crippen molar-refractivity contribution in [3.63, 3.8) is 0 Å². The van der Waals surface area contributed by atoms with Crippen LogP contribution in [0.3, 0.4) is 0 Å². The molecule has 4 nitrogen and oxygen atoms in total. The Morgan fingerprint density at radius 1 is 1.23 bits per heavy atom. The van der Waals surface area contributed by atoms with Crippen LogP contribution in [0.4, 0.5) is 4.39 Å². The van der Waals surface area contributed by atoms with Crippen LogP contribution >= 0.6 is 0 Å². The summed E-state index contributed by atoms with van der Waals surface area (Å²) in [5.41, 5.74) is 1.74. The topological polar surface area (TPSA) is 41.6 Å². The highest BCUT2D eigenvalue weighted by Gasteiger charge is 2.15. The number of rotatable bonds is 8. The first-order chi connectivity index (χ1) is 12.5. The highest BCUT2D eigenvalue weighted by Crippen LogP contribution is 2.18. The lowest BCUT2D eigenvalue weighted by atomic mass is 10.1. The van der Waals surface area contributed by atoms with Gasteiger partial charge in [0.15, 0.2) is 0 Å². The summed E-state index contributed by atoms with van der Waals surface area (Å²) in [6.45, 7) is 2.95. The number of carbonyl (C=O) groups excluding carboxylic acids is 1. The Labute approximate surface area is 154 Å². The first-order valence-electron chi connectivity index (χ1n) is 8.60. The van der Waals surface area contributed by atoms with Gasteiger partial charge < -0.3 is 15.0 Å². The molecule has 0 saturated heterocycles. The van der Waals surface area contributed by atoms with Crippen molar-refractivity contribution in [3.05, 3.63) is 71.6 Å². The number of carbonyl (C=O) groups is 1. The van der Waals surface area contributed by atoms with Gasteiger partial charge in [-0.15, -0.1) is 0 Å². The Morgan fingerprint density at radius 3 is 2.58 bits per heavy atom. The zero-order valence-electron chi connectivity index (χ0n) is 15.4. The summed E-state index contributed by atoms with van der Waals surface area (Å²) in [6, 6.07) is 13.9. The number of likely N-dealkylation sites (N-methyl/N-ethyl adjacent to an activating group) is 1. The van der Waals surface area contributed by atoms with Crippen LogP contribution in [-0.2, 0) is 4.79 Å². The van der Waals surface area contributed by atoms with Gasteiger partial charge in [0, 0.05) is 12.6 Å². The van der Waals surface area contributed by atoms with E-state index in [1.165, 1.54) is 18.2 Å². The highest BCUT2D eigenvalue weighted by atomic mass is 19.1. The van der Waals surface area contributed by atoms with Crippen molar-refractivity contribution in [2.45, 2.75) is 13.0 Å². The molecule has 5 heteroatoms. The standard InChI is InChI=1S/C21H25FN2O2/c1-4-26-19-11-8-16(9-12-19)10-13-21(25)23-15-20(24(2)3)17-6-5-7-18(22)14-17/h5-14,20H,4,15H2,1-3H3,(H,23,25)/b13-10+. The van der Waals surface area contributed by atoms with Crippen LogP contribution in [-0.4, -0.2) is 38.1 Å². The van der Waals surface area contributed by atoms with Crippen molar-refractivity contribution in [1.29, 1.82) is 0 Å². The number of hydrogen-bond donors (Lipinski definition) is 1. The van der Waals surface area contributed by atoms with E-state index in [4.69, 9.17) is 4.74 Å². The largest absolute Gasteiger partial charge is 0.494 e. The van der Waals surface area contributed by atoms with E-state index in [1.54, 1.807) is 12.1 Å². The zero-order valence-corrected chi connectivity index (χ0v) is 15.4. The first kappa shape index (κ1) is 19.7. The van der Waals surface area contributed by atoms with Crippen LogP contribution in [0.2, 0.25) is 0 Å². The summed E-state index contributed by atoms with van der Waals surface area (Å²) < 4.78 is 18.8. The Kier molecular flexibility index (Phi) is 7.36. The summed E-state index contributed by atoms with van der Waals surface area (Å²) in [6.07, 6.45) is 3.24. The summed E-state index contributed by atoms with van der Waals surface area (Å²) in [5.74, 6) is 0.330. The Balaban J connectivity index is 1.93. The summed E-state index contributed by atoms with van der Waals surface area (Å²) >= 11 is 0.